The van der Waals surface area contributed by atoms with Gasteiger partial charge in [-0.15, -0.1) is 0 Å². The fourth-order valence-electron chi connectivity index (χ4n) is 0.393. The lowest BCUT2D eigenvalue weighted by Crippen LogP contribution is -1.63. The summed E-state index contributed by atoms with van der Waals surface area (Å²) in [4.78, 5) is 1.00. The lowest BCUT2D eigenvalue weighted by atomic mass is 10.4. The molecule has 0 amide bonds. The van der Waals surface area contributed by atoms with Crippen molar-refractivity contribution < 1.29 is 0 Å². The third-order valence-corrected chi connectivity index (χ3v) is 1.02. The van der Waals surface area contributed by atoms with Gasteiger partial charge in [-0.2, -0.15) is 0 Å². The minimum absolute atomic E-state index is 1.00. The zero-order valence-corrected chi connectivity index (χ0v) is 4.81. The van der Waals surface area contributed by atoms with E-state index in [0.717, 1.165) is 4.90 Å². The summed E-state index contributed by atoms with van der Waals surface area (Å²) >= 11 is 3.30. The minimum Gasteiger partial charge on any atom is -0.0613 e. The molecule has 1 aromatic carbocycles. The summed E-state index contributed by atoms with van der Waals surface area (Å²) in [7, 11) is 0. The quantitative estimate of drug-likeness (QED) is 0.434. The highest BCUT2D eigenvalue weighted by Crippen LogP contribution is 1.91. The molecular formula is C6H6S+. The van der Waals surface area contributed by atoms with E-state index in [0.29, 0.717) is 0 Å². The molecular weight excluding hydrogens is 104 g/mol. The highest BCUT2D eigenvalue weighted by Gasteiger charge is 1.81. The Balaban J connectivity index is 3.02. The summed E-state index contributed by atoms with van der Waals surface area (Å²) in [5.74, 6) is 0. The molecule has 0 aliphatic rings. The van der Waals surface area contributed by atoms with Crippen molar-refractivity contribution in [3.8, 4) is 0 Å². The first-order chi connectivity index (χ1) is 3.39. The summed E-state index contributed by atoms with van der Waals surface area (Å²) in [6, 6.07) is 10.6. The van der Waals surface area contributed by atoms with Crippen molar-refractivity contribution in [2.24, 2.45) is 0 Å². The van der Waals surface area contributed by atoms with Gasteiger partial charge in [0.1, 0.15) is 0 Å². The second kappa shape index (κ2) is 2.03. The molecule has 7 heavy (non-hydrogen) atoms. The second-order valence-electron chi connectivity index (χ2n) is 1.28. The maximum Gasteiger partial charge on any atom is 0.158 e. The van der Waals surface area contributed by atoms with Crippen molar-refractivity contribution >= 4 is 12.6 Å². The molecule has 0 heterocycles. The van der Waals surface area contributed by atoms with Crippen LogP contribution in [-0.2, 0) is 12.6 Å². The average molecular weight is 110 g/mol. The molecule has 35 valence electrons. The standard InChI is InChI=1S/C6H5S/c7-6-4-2-1-3-5-6/h1-4,7H/p+1. The molecule has 1 heteroatoms. The van der Waals surface area contributed by atoms with Crippen LogP contribution in [0.4, 0.5) is 0 Å². The minimum atomic E-state index is 1.00. The fraction of sp³-hybridized carbons (Fsp3) is 0. The molecule has 1 aromatic rings. The molecule has 0 unspecified atom stereocenters. The predicted octanol–water partition coefficient (Wildman–Crippen LogP) is 0.857. The Kier molecular flexibility index (Phi) is 1.37. The van der Waals surface area contributed by atoms with Gasteiger partial charge in [0.2, 0.25) is 0 Å². The maximum absolute atomic E-state index is 3.30. The third kappa shape index (κ3) is 1.24. The largest absolute Gasteiger partial charge is 0.158 e. The van der Waals surface area contributed by atoms with Crippen LogP contribution in [-0.4, -0.2) is 0 Å². The maximum atomic E-state index is 3.30. The Morgan fingerprint density at radius 1 is 1.43 bits per heavy atom. The van der Waals surface area contributed by atoms with Crippen molar-refractivity contribution in [2.45, 2.75) is 4.90 Å². The molecule has 0 aliphatic carbocycles. The first-order valence-corrected chi connectivity index (χ1v) is 2.58. The molecule has 0 fully saturated rings. The van der Waals surface area contributed by atoms with Crippen molar-refractivity contribution in [1.29, 1.82) is 0 Å². The van der Waals surface area contributed by atoms with Gasteiger partial charge in [0.25, 0.3) is 0 Å². The van der Waals surface area contributed by atoms with Crippen LogP contribution >= 0.6 is 0 Å². The van der Waals surface area contributed by atoms with Gasteiger partial charge in [0.15, 0.2) is 4.90 Å². The van der Waals surface area contributed by atoms with Crippen LogP contribution in [0.5, 0.6) is 0 Å². The summed E-state index contributed by atoms with van der Waals surface area (Å²) in [5.41, 5.74) is 0. The van der Waals surface area contributed by atoms with Gasteiger partial charge >= 0.3 is 0 Å². The van der Waals surface area contributed by atoms with E-state index in [4.69, 9.17) is 0 Å². The first-order valence-electron chi connectivity index (χ1n) is 2.08. The predicted molar refractivity (Wildman–Crippen MR) is 33.7 cm³/mol. The molecule has 0 bridgehead atoms. The first kappa shape index (κ1) is 4.72. The lowest BCUT2D eigenvalue weighted by molar-refractivity contribution is 1.46. The Bertz CT molecular complexity index is 134. The van der Waals surface area contributed by atoms with Gasteiger partial charge in [-0.05, 0) is 24.8 Å². The van der Waals surface area contributed by atoms with E-state index in [-0.39, 0.29) is 0 Å². The Hall–Kier alpha value is -0.430. The van der Waals surface area contributed by atoms with Gasteiger partial charge < -0.3 is 0 Å². The van der Waals surface area contributed by atoms with Crippen LogP contribution in [0.25, 0.3) is 0 Å². The van der Waals surface area contributed by atoms with Gasteiger partial charge in [0.05, 0.1) is 0 Å². The highest BCUT2D eigenvalue weighted by molar-refractivity contribution is 7.58. The van der Waals surface area contributed by atoms with Gasteiger partial charge in [0, 0.05) is 6.07 Å². The van der Waals surface area contributed by atoms with E-state index in [1.54, 1.807) is 0 Å². The van der Waals surface area contributed by atoms with E-state index in [9.17, 15) is 0 Å². The van der Waals surface area contributed by atoms with Crippen LogP contribution in [0.1, 0.15) is 0 Å². The number of hydrogen-bond donors (Lipinski definition) is 0. The van der Waals surface area contributed by atoms with Crippen LogP contribution < -0.4 is 0 Å². The van der Waals surface area contributed by atoms with Crippen LogP contribution in [0.2, 0.25) is 0 Å². The van der Waals surface area contributed by atoms with Gasteiger partial charge in [-0.1, -0.05) is 12.1 Å². The molecule has 0 saturated heterocycles. The Labute approximate surface area is 48.6 Å². The second-order valence-corrected chi connectivity index (χ2v) is 1.81. The van der Waals surface area contributed by atoms with Gasteiger partial charge in [-0.3, -0.25) is 0 Å². The summed E-state index contributed by atoms with van der Waals surface area (Å²) in [6.07, 6.45) is 0. The summed E-state index contributed by atoms with van der Waals surface area (Å²) in [6.45, 7) is 0. The average Bonchev–Trinajstić information content (AvgIpc) is 1.69. The zero-order valence-electron chi connectivity index (χ0n) is 3.81. The molecule has 0 N–H and O–H groups in total. The van der Waals surface area contributed by atoms with Gasteiger partial charge in [-0.25, -0.2) is 0 Å². The SMILES string of the molecule is [SH2+]c1[c]cccc1. The smallest absolute Gasteiger partial charge is 0.0613 e. The lowest BCUT2D eigenvalue weighted by Gasteiger charge is -1.74. The van der Waals surface area contributed by atoms with E-state index in [1.165, 1.54) is 0 Å². The monoisotopic (exact) mass is 110 g/mol. The fourth-order valence-corrected chi connectivity index (χ4v) is 0.573. The van der Waals surface area contributed by atoms with E-state index in [1.807, 2.05) is 24.3 Å². The van der Waals surface area contributed by atoms with Crippen LogP contribution in [0, 0.1) is 6.07 Å². The Morgan fingerprint density at radius 2 is 2.29 bits per heavy atom. The normalized spacial score (nSPS) is 8.71. The number of hydrogen-bond acceptors (Lipinski definition) is 0. The summed E-state index contributed by atoms with van der Waals surface area (Å²) in [5, 5.41) is 0. The van der Waals surface area contributed by atoms with Crippen LogP contribution in [0.15, 0.2) is 29.2 Å². The third-order valence-electron chi connectivity index (χ3n) is 0.709. The molecule has 0 nitrogen and oxygen atoms in total. The van der Waals surface area contributed by atoms with Crippen molar-refractivity contribution in [3.05, 3.63) is 30.3 Å². The van der Waals surface area contributed by atoms with Crippen molar-refractivity contribution in [3.63, 3.8) is 0 Å². The summed E-state index contributed by atoms with van der Waals surface area (Å²) < 4.78 is 0. The van der Waals surface area contributed by atoms with Crippen molar-refractivity contribution in [2.75, 3.05) is 0 Å². The molecule has 1 radical (unpaired) electrons. The topological polar surface area (TPSA) is 0 Å². The number of rotatable bonds is 0. The number of benzene rings is 1. The molecule has 1 rings (SSSR count). The molecule has 0 saturated carbocycles. The molecule has 0 spiro atoms. The van der Waals surface area contributed by atoms with E-state index >= 15 is 0 Å². The molecule has 0 aliphatic heterocycles. The zero-order chi connectivity index (χ0) is 5.11. The van der Waals surface area contributed by atoms with E-state index in [2.05, 4.69) is 18.7 Å². The highest BCUT2D eigenvalue weighted by atomic mass is 32.1. The molecule has 0 atom stereocenters. The van der Waals surface area contributed by atoms with E-state index < -0.39 is 0 Å². The van der Waals surface area contributed by atoms with Crippen LogP contribution in [0.3, 0.4) is 0 Å². The Morgan fingerprint density at radius 3 is 2.57 bits per heavy atom. The van der Waals surface area contributed by atoms with Crippen molar-refractivity contribution in [1.82, 2.24) is 0 Å². The molecule has 0 aromatic heterocycles.